The van der Waals surface area contributed by atoms with Gasteiger partial charge < -0.3 is 4.74 Å². The number of amides is 1. The van der Waals surface area contributed by atoms with Crippen molar-refractivity contribution in [3.05, 3.63) is 28.7 Å². The van der Waals surface area contributed by atoms with E-state index in [9.17, 15) is 4.79 Å². The second-order valence-corrected chi connectivity index (χ2v) is 3.23. The van der Waals surface area contributed by atoms with E-state index in [4.69, 9.17) is 5.84 Å². The van der Waals surface area contributed by atoms with Crippen molar-refractivity contribution in [2.45, 2.75) is 0 Å². The van der Waals surface area contributed by atoms with Crippen molar-refractivity contribution in [2.24, 2.45) is 5.84 Å². The number of carbonyl (C=O) groups excluding carboxylic acids is 1. The third-order valence-electron chi connectivity index (χ3n) is 1.48. The number of nitrogens with two attached hydrogens (primary N) is 1. The number of hydrogen-bond donors (Lipinski definition) is 1. The molecule has 0 aliphatic carbocycles. The number of halogens is 1. The maximum atomic E-state index is 11.0. The Balaban J connectivity index is 2.83. The van der Waals surface area contributed by atoms with Crippen molar-refractivity contribution < 1.29 is 9.53 Å². The summed E-state index contributed by atoms with van der Waals surface area (Å²) in [5.74, 6) is 5.44. The van der Waals surface area contributed by atoms with Gasteiger partial charge in [-0.25, -0.2) is 15.6 Å². The minimum Gasteiger partial charge on any atom is -0.452 e. The van der Waals surface area contributed by atoms with E-state index < -0.39 is 6.09 Å². The molecule has 1 aromatic rings. The van der Waals surface area contributed by atoms with E-state index in [0.29, 0.717) is 5.69 Å². The maximum absolute atomic E-state index is 11.0. The van der Waals surface area contributed by atoms with Crippen molar-refractivity contribution in [3.63, 3.8) is 0 Å². The molecule has 0 aliphatic rings. The Morgan fingerprint density at radius 2 is 2.00 bits per heavy atom. The standard InChI is InChI=1S/C8H9BrN2O2/c1-13-8(12)11(10)7-4-2-6(9)3-5-7/h2-5H,10H2,1H3. The summed E-state index contributed by atoms with van der Waals surface area (Å²) in [6, 6.07) is 7.00. The lowest BCUT2D eigenvalue weighted by molar-refractivity contribution is 0.178. The fraction of sp³-hybridized carbons (Fsp3) is 0.125. The molecule has 1 aromatic carbocycles. The lowest BCUT2D eigenvalue weighted by atomic mass is 10.3. The number of nitrogens with zero attached hydrogens (tertiary/aromatic N) is 1. The Kier molecular flexibility index (Phi) is 3.27. The lowest BCUT2D eigenvalue weighted by Crippen LogP contribution is -2.37. The number of anilines is 1. The van der Waals surface area contributed by atoms with Gasteiger partial charge in [-0.05, 0) is 24.3 Å². The summed E-state index contributed by atoms with van der Waals surface area (Å²) in [5, 5.41) is 0.937. The largest absolute Gasteiger partial charge is 0.452 e. The summed E-state index contributed by atoms with van der Waals surface area (Å²) in [4.78, 5) is 11.0. The monoisotopic (exact) mass is 244 g/mol. The molecule has 0 heterocycles. The third-order valence-corrected chi connectivity index (χ3v) is 2.00. The smallest absolute Gasteiger partial charge is 0.428 e. The summed E-state index contributed by atoms with van der Waals surface area (Å²) < 4.78 is 5.37. The van der Waals surface area contributed by atoms with E-state index in [2.05, 4.69) is 20.7 Å². The van der Waals surface area contributed by atoms with Crippen LogP contribution in [-0.2, 0) is 4.74 Å². The van der Waals surface area contributed by atoms with Crippen molar-refractivity contribution >= 4 is 27.7 Å². The molecule has 0 unspecified atom stereocenters. The highest BCUT2D eigenvalue weighted by Crippen LogP contribution is 2.16. The van der Waals surface area contributed by atoms with E-state index in [1.54, 1.807) is 24.3 Å². The van der Waals surface area contributed by atoms with Crippen molar-refractivity contribution in [2.75, 3.05) is 12.1 Å². The molecule has 2 N–H and O–H groups in total. The zero-order chi connectivity index (χ0) is 9.84. The molecule has 0 saturated carbocycles. The van der Waals surface area contributed by atoms with E-state index in [1.165, 1.54) is 7.11 Å². The molecule has 4 nitrogen and oxygen atoms in total. The predicted octanol–water partition coefficient (Wildman–Crippen LogP) is 1.90. The zero-order valence-corrected chi connectivity index (χ0v) is 8.61. The zero-order valence-electron chi connectivity index (χ0n) is 7.03. The van der Waals surface area contributed by atoms with Crippen LogP contribution >= 0.6 is 15.9 Å². The summed E-state index contributed by atoms with van der Waals surface area (Å²) in [7, 11) is 1.28. The number of benzene rings is 1. The quantitative estimate of drug-likeness (QED) is 0.467. The molecule has 0 fully saturated rings. The topological polar surface area (TPSA) is 55.6 Å². The first-order valence-corrected chi connectivity index (χ1v) is 4.33. The second-order valence-electron chi connectivity index (χ2n) is 2.32. The van der Waals surface area contributed by atoms with Crippen LogP contribution in [0.4, 0.5) is 10.5 Å². The van der Waals surface area contributed by atoms with Gasteiger partial charge in [-0.1, -0.05) is 15.9 Å². The van der Waals surface area contributed by atoms with Crippen LogP contribution in [0, 0.1) is 0 Å². The molecule has 13 heavy (non-hydrogen) atoms. The molecule has 70 valence electrons. The lowest BCUT2D eigenvalue weighted by Gasteiger charge is -2.14. The molecule has 1 rings (SSSR count). The van der Waals surface area contributed by atoms with Gasteiger partial charge in [0, 0.05) is 4.47 Å². The van der Waals surface area contributed by atoms with Gasteiger partial charge in [0.15, 0.2) is 0 Å². The predicted molar refractivity (Wildman–Crippen MR) is 53.2 cm³/mol. The summed E-state index contributed by atoms with van der Waals surface area (Å²) >= 11 is 3.27. The molecular formula is C8H9BrN2O2. The van der Waals surface area contributed by atoms with E-state index in [-0.39, 0.29) is 0 Å². The Labute approximate surface area is 84.4 Å². The van der Waals surface area contributed by atoms with Crippen molar-refractivity contribution in [3.8, 4) is 0 Å². The van der Waals surface area contributed by atoms with E-state index >= 15 is 0 Å². The fourth-order valence-electron chi connectivity index (χ4n) is 0.805. The summed E-state index contributed by atoms with van der Waals surface area (Å²) in [5.41, 5.74) is 0.579. The average Bonchev–Trinajstić information content (AvgIpc) is 2.17. The Bertz CT molecular complexity index is 300. The summed E-state index contributed by atoms with van der Waals surface area (Å²) in [6.45, 7) is 0. The number of hydrazine groups is 1. The normalized spacial score (nSPS) is 9.46. The highest BCUT2D eigenvalue weighted by Gasteiger charge is 2.10. The van der Waals surface area contributed by atoms with E-state index in [1.807, 2.05) is 0 Å². The molecule has 0 atom stereocenters. The second kappa shape index (κ2) is 4.25. The van der Waals surface area contributed by atoms with Gasteiger partial charge in [0.05, 0.1) is 12.8 Å². The first kappa shape index (κ1) is 10.0. The first-order chi connectivity index (χ1) is 6.15. The molecule has 0 bridgehead atoms. The summed E-state index contributed by atoms with van der Waals surface area (Å²) in [6.07, 6.45) is -0.595. The molecule has 0 radical (unpaired) electrons. The molecule has 0 saturated heterocycles. The van der Waals surface area contributed by atoms with Gasteiger partial charge in [0.1, 0.15) is 0 Å². The van der Waals surface area contributed by atoms with Crippen LogP contribution in [0.25, 0.3) is 0 Å². The number of ether oxygens (including phenoxy) is 1. The highest BCUT2D eigenvalue weighted by molar-refractivity contribution is 9.10. The maximum Gasteiger partial charge on any atom is 0.428 e. The van der Waals surface area contributed by atoms with Gasteiger partial charge in [-0.2, -0.15) is 0 Å². The van der Waals surface area contributed by atoms with Crippen LogP contribution in [0.3, 0.4) is 0 Å². The minimum atomic E-state index is -0.595. The molecular weight excluding hydrogens is 236 g/mol. The van der Waals surface area contributed by atoms with Crippen molar-refractivity contribution in [1.29, 1.82) is 0 Å². The molecule has 0 aliphatic heterocycles. The van der Waals surface area contributed by atoms with Crippen molar-refractivity contribution in [1.82, 2.24) is 0 Å². The number of carbonyl (C=O) groups is 1. The van der Waals surface area contributed by atoms with Crippen LogP contribution in [0.15, 0.2) is 28.7 Å². The SMILES string of the molecule is COC(=O)N(N)c1ccc(Br)cc1. The molecule has 5 heteroatoms. The minimum absolute atomic E-state index is 0.579. The fourth-order valence-corrected chi connectivity index (χ4v) is 1.07. The van der Waals surface area contributed by atoms with Crippen LogP contribution in [-0.4, -0.2) is 13.2 Å². The van der Waals surface area contributed by atoms with Gasteiger partial charge in [0.25, 0.3) is 0 Å². The molecule has 0 spiro atoms. The van der Waals surface area contributed by atoms with Gasteiger partial charge in [-0.15, -0.1) is 0 Å². The Morgan fingerprint density at radius 1 is 1.46 bits per heavy atom. The average molecular weight is 245 g/mol. The van der Waals surface area contributed by atoms with E-state index in [0.717, 1.165) is 9.48 Å². The van der Waals surface area contributed by atoms with Crippen LogP contribution in [0.5, 0.6) is 0 Å². The van der Waals surface area contributed by atoms with Gasteiger partial charge >= 0.3 is 6.09 Å². The van der Waals surface area contributed by atoms with Crippen LogP contribution < -0.4 is 10.9 Å². The third kappa shape index (κ3) is 2.43. The van der Waals surface area contributed by atoms with Gasteiger partial charge in [-0.3, -0.25) is 0 Å². The Hall–Kier alpha value is -1.07. The van der Waals surface area contributed by atoms with Crippen LogP contribution in [0.1, 0.15) is 0 Å². The number of methoxy groups -OCH3 is 1. The number of rotatable bonds is 1. The molecule has 0 aromatic heterocycles. The Morgan fingerprint density at radius 3 is 2.46 bits per heavy atom. The first-order valence-electron chi connectivity index (χ1n) is 3.53. The highest BCUT2D eigenvalue weighted by atomic mass is 79.9. The number of hydrogen-bond acceptors (Lipinski definition) is 3. The van der Waals surface area contributed by atoms with Crippen LogP contribution in [0.2, 0.25) is 0 Å². The van der Waals surface area contributed by atoms with Gasteiger partial charge in [0.2, 0.25) is 0 Å². The molecule has 1 amide bonds.